The Kier molecular flexibility index (Phi) is 3.14. The molecule has 0 atom stereocenters. The molecule has 3 aromatic rings. The summed E-state index contributed by atoms with van der Waals surface area (Å²) >= 11 is 1.02. The number of pyridine rings is 1. The largest absolute Gasteiger partial charge is 0.368 e. The molecule has 0 bridgehead atoms. The Morgan fingerprint density at radius 2 is 2.14 bits per heavy atom. The van der Waals surface area contributed by atoms with Gasteiger partial charge >= 0.3 is 5.69 Å². The zero-order valence-electron chi connectivity index (χ0n) is 10.8. The average molecular weight is 303 g/mol. The normalized spacial score (nSPS) is 10.9. The third kappa shape index (κ3) is 2.36. The molecule has 0 aliphatic carbocycles. The fourth-order valence-corrected chi connectivity index (χ4v) is 2.78. The van der Waals surface area contributed by atoms with E-state index in [0.717, 1.165) is 11.8 Å². The third-order valence-corrected chi connectivity index (χ3v) is 3.64. The molecule has 9 nitrogen and oxygen atoms in total. The zero-order valence-corrected chi connectivity index (χ0v) is 11.6. The van der Waals surface area contributed by atoms with E-state index < -0.39 is 4.92 Å². The molecular weight excluding hydrogens is 294 g/mol. The Balaban J connectivity index is 2.11. The van der Waals surface area contributed by atoms with Gasteiger partial charge in [0, 0.05) is 6.20 Å². The molecule has 0 aromatic carbocycles. The third-order valence-electron chi connectivity index (χ3n) is 2.70. The number of rotatable bonds is 3. The summed E-state index contributed by atoms with van der Waals surface area (Å²) in [7, 11) is 0. The number of hydrogen-bond donors (Lipinski definition) is 1. The molecule has 2 N–H and O–H groups in total. The topological polar surface area (TPSA) is 125 Å². The van der Waals surface area contributed by atoms with Crippen molar-refractivity contribution in [3.63, 3.8) is 0 Å². The molecule has 3 rings (SSSR count). The van der Waals surface area contributed by atoms with Crippen LogP contribution in [0.25, 0.3) is 5.65 Å². The minimum Gasteiger partial charge on any atom is -0.368 e. The fraction of sp³-hybridized carbons (Fsp3) is 0.0909. The summed E-state index contributed by atoms with van der Waals surface area (Å²) in [5, 5.41) is 19.8. The lowest BCUT2D eigenvalue weighted by molar-refractivity contribution is -0.389. The van der Waals surface area contributed by atoms with E-state index in [1.165, 1.54) is 6.92 Å². The maximum absolute atomic E-state index is 11.2. The van der Waals surface area contributed by atoms with E-state index in [1.54, 1.807) is 16.7 Å². The molecule has 3 aromatic heterocycles. The van der Waals surface area contributed by atoms with Crippen LogP contribution in [0, 0.1) is 17.0 Å². The first kappa shape index (κ1) is 13.2. The molecule has 0 aliphatic heterocycles. The number of nitro groups is 1. The molecule has 21 heavy (non-hydrogen) atoms. The van der Waals surface area contributed by atoms with Gasteiger partial charge < -0.3 is 5.73 Å². The van der Waals surface area contributed by atoms with Gasteiger partial charge in [-0.1, -0.05) is 6.07 Å². The fourth-order valence-electron chi connectivity index (χ4n) is 1.82. The molecule has 0 spiro atoms. The van der Waals surface area contributed by atoms with E-state index in [2.05, 4.69) is 20.2 Å². The van der Waals surface area contributed by atoms with Crippen molar-refractivity contribution in [2.45, 2.75) is 17.1 Å². The smallest absolute Gasteiger partial charge is 0.322 e. The number of fused-ring (bicyclic) bond motifs is 1. The summed E-state index contributed by atoms with van der Waals surface area (Å²) in [6.07, 6.45) is 1.76. The van der Waals surface area contributed by atoms with Crippen molar-refractivity contribution in [3.8, 4) is 0 Å². The van der Waals surface area contributed by atoms with Crippen molar-refractivity contribution in [2.24, 2.45) is 0 Å². The highest BCUT2D eigenvalue weighted by Gasteiger charge is 2.24. The number of aromatic nitrogens is 5. The van der Waals surface area contributed by atoms with E-state index in [9.17, 15) is 10.1 Å². The Bertz CT molecular complexity index is 848. The van der Waals surface area contributed by atoms with Gasteiger partial charge in [0.1, 0.15) is 5.69 Å². The second kappa shape index (κ2) is 4.98. The van der Waals surface area contributed by atoms with Crippen molar-refractivity contribution in [1.29, 1.82) is 0 Å². The van der Waals surface area contributed by atoms with Gasteiger partial charge in [0.05, 0.1) is 4.92 Å². The molecule has 0 saturated heterocycles. The predicted octanol–water partition coefficient (Wildman–Crippen LogP) is 1.47. The summed E-state index contributed by atoms with van der Waals surface area (Å²) in [5.74, 6) is -0.0191. The number of nitrogens with two attached hydrogens (primary N) is 1. The van der Waals surface area contributed by atoms with Gasteiger partial charge in [-0.05, 0) is 30.8 Å². The molecule has 106 valence electrons. The number of hydrogen-bond acceptors (Lipinski definition) is 8. The van der Waals surface area contributed by atoms with Crippen molar-refractivity contribution in [1.82, 2.24) is 24.6 Å². The van der Waals surface area contributed by atoms with E-state index >= 15 is 0 Å². The van der Waals surface area contributed by atoms with E-state index in [4.69, 9.17) is 5.73 Å². The Morgan fingerprint density at radius 1 is 1.33 bits per heavy atom. The maximum atomic E-state index is 11.2. The van der Waals surface area contributed by atoms with Crippen LogP contribution in [0.1, 0.15) is 5.69 Å². The van der Waals surface area contributed by atoms with Crippen molar-refractivity contribution in [2.75, 3.05) is 5.73 Å². The van der Waals surface area contributed by atoms with Crippen LogP contribution >= 0.6 is 11.8 Å². The Hall–Kier alpha value is -2.75. The van der Waals surface area contributed by atoms with Crippen LogP contribution in [0.15, 0.2) is 34.6 Å². The van der Waals surface area contributed by atoms with Gasteiger partial charge in [0.25, 0.3) is 0 Å². The molecule has 0 unspecified atom stereocenters. The van der Waals surface area contributed by atoms with E-state index in [0.29, 0.717) is 10.8 Å². The van der Waals surface area contributed by atoms with Gasteiger partial charge in [0.15, 0.2) is 10.7 Å². The first-order valence-electron chi connectivity index (χ1n) is 5.82. The Morgan fingerprint density at radius 3 is 2.90 bits per heavy atom. The minimum atomic E-state index is -0.527. The zero-order chi connectivity index (χ0) is 15.0. The quantitative estimate of drug-likeness (QED) is 0.438. The molecule has 0 aliphatic rings. The summed E-state index contributed by atoms with van der Waals surface area (Å²) in [6, 6.07) is 5.42. The van der Waals surface area contributed by atoms with Crippen LogP contribution in [0.2, 0.25) is 0 Å². The molecule has 0 saturated carbocycles. The molecule has 0 radical (unpaired) electrons. The average Bonchev–Trinajstić information content (AvgIpc) is 2.81. The van der Waals surface area contributed by atoms with Crippen LogP contribution in [-0.2, 0) is 0 Å². The standard InChI is InChI=1S/C11H9N7O2S/c1-6-8(18(19)20)9(14-10(12)13-6)21-11-16-15-7-4-2-3-5-17(7)11/h2-5H,1H3,(H2,12,13,14). The SMILES string of the molecule is Cc1nc(N)nc(Sc2nnc3ccccn23)c1[N+](=O)[O-]. The highest BCUT2D eigenvalue weighted by atomic mass is 32.2. The lowest BCUT2D eigenvalue weighted by Crippen LogP contribution is -2.04. The van der Waals surface area contributed by atoms with Crippen LogP contribution in [0.3, 0.4) is 0 Å². The lowest BCUT2D eigenvalue weighted by Gasteiger charge is -2.04. The number of aryl methyl sites for hydroxylation is 1. The van der Waals surface area contributed by atoms with Crippen LogP contribution < -0.4 is 5.73 Å². The first-order valence-corrected chi connectivity index (χ1v) is 6.64. The molecule has 3 heterocycles. The second-order valence-electron chi connectivity index (χ2n) is 4.09. The molecule has 10 heteroatoms. The van der Waals surface area contributed by atoms with E-state index in [-0.39, 0.29) is 22.4 Å². The monoisotopic (exact) mass is 303 g/mol. The van der Waals surface area contributed by atoms with Crippen LogP contribution in [0.5, 0.6) is 0 Å². The van der Waals surface area contributed by atoms with Gasteiger partial charge in [-0.25, -0.2) is 4.98 Å². The van der Waals surface area contributed by atoms with Gasteiger partial charge in [-0.3, -0.25) is 14.5 Å². The number of nitrogen functional groups attached to an aromatic ring is 1. The minimum absolute atomic E-state index is 0.0191. The molecule has 0 amide bonds. The highest BCUT2D eigenvalue weighted by Crippen LogP contribution is 2.34. The van der Waals surface area contributed by atoms with Crippen molar-refractivity contribution < 1.29 is 4.92 Å². The highest BCUT2D eigenvalue weighted by molar-refractivity contribution is 7.99. The molecule has 0 fully saturated rings. The summed E-state index contributed by atoms with van der Waals surface area (Å²) in [6.45, 7) is 1.52. The maximum Gasteiger partial charge on any atom is 0.322 e. The lowest BCUT2D eigenvalue weighted by atomic mass is 10.4. The first-order chi connectivity index (χ1) is 10.1. The van der Waals surface area contributed by atoms with E-state index in [1.807, 2.05) is 12.1 Å². The van der Waals surface area contributed by atoms with Crippen LogP contribution in [0.4, 0.5) is 11.6 Å². The second-order valence-corrected chi connectivity index (χ2v) is 5.05. The number of anilines is 1. The Labute approximate surface area is 122 Å². The van der Waals surface area contributed by atoms with Gasteiger partial charge in [-0.2, -0.15) is 4.98 Å². The van der Waals surface area contributed by atoms with Crippen molar-refractivity contribution in [3.05, 3.63) is 40.2 Å². The predicted molar refractivity (Wildman–Crippen MR) is 74.9 cm³/mol. The summed E-state index contributed by atoms with van der Waals surface area (Å²) in [5.41, 5.74) is 6.24. The van der Waals surface area contributed by atoms with Gasteiger partial charge in [-0.15, -0.1) is 10.2 Å². The van der Waals surface area contributed by atoms with Crippen LogP contribution in [-0.4, -0.2) is 29.5 Å². The number of nitrogens with zero attached hydrogens (tertiary/aromatic N) is 6. The summed E-state index contributed by atoms with van der Waals surface area (Å²) in [4.78, 5) is 18.4. The van der Waals surface area contributed by atoms with Gasteiger partial charge in [0.2, 0.25) is 11.1 Å². The summed E-state index contributed by atoms with van der Waals surface area (Å²) < 4.78 is 1.71. The molecular formula is C11H9N7O2S. The van der Waals surface area contributed by atoms with Crippen molar-refractivity contribution >= 4 is 29.0 Å².